The second-order valence-electron chi connectivity index (χ2n) is 4.57. The molecule has 0 bridgehead atoms. The molecule has 106 valence electrons. The van der Waals surface area contributed by atoms with Gasteiger partial charge in [-0.15, -0.1) is 0 Å². The summed E-state index contributed by atoms with van der Waals surface area (Å²) in [6, 6.07) is 3.61. The van der Waals surface area contributed by atoms with E-state index < -0.39 is 29.2 Å². The molecule has 0 spiro atoms. The van der Waals surface area contributed by atoms with Crippen LogP contribution in [0.1, 0.15) is 20.3 Å². The van der Waals surface area contributed by atoms with Gasteiger partial charge in [-0.2, -0.15) is 4.39 Å². The Hall–Kier alpha value is -1.69. The lowest BCUT2D eigenvalue weighted by molar-refractivity contribution is -0.145. The van der Waals surface area contributed by atoms with E-state index in [9.17, 15) is 13.6 Å². The maximum absolute atomic E-state index is 13.4. The van der Waals surface area contributed by atoms with Crippen LogP contribution in [0.25, 0.3) is 0 Å². The minimum atomic E-state index is -1.19. The number of hydrogen-bond donors (Lipinski definition) is 2. The van der Waals surface area contributed by atoms with E-state index in [2.05, 4.69) is 5.32 Å². The molecule has 1 aromatic rings. The summed E-state index contributed by atoms with van der Waals surface area (Å²) in [6.45, 7) is 3.10. The number of benzene rings is 1. The van der Waals surface area contributed by atoms with Crippen LogP contribution >= 0.6 is 0 Å². The third-order valence-electron chi connectivity index (χ3n) is 2.96. The van der Waals surface area contributed by atoms with Crippen molar-refractivity contribution in [3.8, 4) is 5.75 Å². The van der Waals surface area contributed by atoms with Crippen LogP contribution in [0.3, 0.4) is 0 Å². The van der Waals surface area contributed by atoms with E-state index in [0.717, 1.165) is 6.07 Å². The maximum Gasteiger partial charge on any atom is 0.323 e. The van der Waals surface area contributed by atoms with Gasteiger partial charge in [0.2, 0.25) is 5.82 Å². The van der Waals surface area contributed by atoms with Gasteiger partial charge < -0.3 is 15.2 Å². The van der Waals surface area contributed by atoms with Gasteiger partial charge in [0.1, 0.15) is 5.54 Å². The van der Waals surface area contributed by atoms with E-state index in [4.69, 9.17) is 9.84 Å². The molecule has 0 fully saturated rings. The topological polar surface area (TPSA) is 58.6 Å². The molecule has 0 aromatic heterocycles. The number of rotatable bonds is 6. The van der Waals surface area contributed by atoms with Gasteiger partial charge in [-0.05, 0) is 33.0 Å². The van der Waals surface area contributed by atoms with Crippen molar-refractivity contribution in [3.63, 3.8) is 0 Å². The first-order valence-electron chi connectivity index (χ1n) is 5.83. The van der Waals surface area contributed by atoms with Crippen LogP contribution in [0, 0.1) is 11.6 Å². The minimum absolute atomic E-state index is 0.106. The third kappa shape index (κ3) is 3.64. The summed E-state index contributed by atoms with van der Waals surface area (Å²) in [5.41, 5.74) is -1.19. The molecule has 6 heteroatoms. The first kappa shape index (κ1) is 15.4. The van der Waals surface area contributed by atoms with Gasteiger partial charge in [0, 0.05) is 6.42 Å². The van der Waals surface area contributed by atoms with E-state index >= 15 is 0 Å². The predicted molar refractivity (Wildman–Crippen MR) is 66.2 cm³/mol. The molecule has 1 rings (SSSR count). The lowest BCUT2D eigenvalue weighted by Gasteiger charge is -2.27. The van der Waals surface area contributed by atoms with Gasteiger partial charge in [0.25, 0.3) is 0 Å². The summed E-state index contributed by atoms with van der Waals surface area (Å²) in [7, 11) is 1.52. The molecular weight excluding hydrogens is 256 g/mol. The van der Waals surface area contributed by atoms with Crippen LogP contribution < -0.4 is 10.1 Å². The van der Waals surface area contributed by atoms with Gasteiger partial charge in [-0.1, -0.05) is 6.07 Å². The summed E-state index contributed by atoms with van der Waals surface area (Å²) >= 11 is 0. The summed E-state index contributed by atoms with van der Waals surface area (Å²) < 4.78 is 31.7. The Kier molecular flexibility index (Phi) is 4.83. The molecular formula is C13H17F2NO3. The highest BCUT2D eigenvalue weighted by molar-refractivity contribution is 5.78. The van der Waals surface area contributed by atoms with Crippen LogP contribution in [0.4, 0.5) is 8.78 Å². The van der Waals surface area contributed by atoms with Crippen LogP contribution in [-0.2, 0) is 4.79 Å². The van der Waals surface area contributed by atoms with Gasteiger partial charge in [0.15, 0.2) is 11.6 Å². The average molecular weight is 273 g/mol. The smallest absolute Gasteiger partial charge is 0.323 e. The molecule has 2 unspecified atom stereocenters. The number of aliphatic carboxylic acids is 1. The summed E-state index contributed by atoms with van der Waals surface area (Å²) in [5.74, 6) is -3.34. The number of nitrogens with one attached hydrogen (secondary N) is 1. The highest BCUT2D eigenvalue weighted by Gasteiger charge is 2.33. The van der Waals surface area contributed by atoms with Crippen molar-refractivity contribution < 1.29 is 23.4 Å². The molecule has 4 nitrogen and oxygen atoms in total. The lowest BCUT2D eigenvalue weighted by atomic mass is 9.95. The zero-order valence-corrected chi connectivity index (χ0v) is 11.0. The van der Waals surface area contributed by atoms with Crippen LogP contribution in [0.2, 0.25) is 0 Å². The van der Waals surface area contributed by atoms with Crippen LogP contribution in [0.5, 0.6) is 5.75 Å². The Morgan fingerprint density at radius 2 is 2.16 bits per heavy atom. The van der Waals surface area contributed by atoms with E-state index in [1.807, 2.05) is 0 Å². The third-order valence-corrected chi connectivity index (χ3v) is 2.96. The van der Waals surface area contributed by atoms with Crippen molar-refractivity contribution in [1.29, 1.82) is 0 Å². The van der Waals surface area contributed by atoms with Crippen molar-refractivity contribution in [3.05, 3.63) is 29.8 Å². The molecule has 0 heterocycles. The second-order valence-corrected chi connectivity index (χ2v) is 4.57. The van der Waals surface area contributed by atoms with Crippen molar-refractivity contribution in [1.82, 2.24) is 5.32 Å². The molecule has 2 atom stereocenters. The van der Waals surface area contributed by atoms with Crippen molar-refractivity contribution in [2.24, 2.45) is 0 Å². The highest BCUT2D eigenvalue weighted by Crippen LogP contribution is 2.23. The monoisotopic (exact) mass is 273 g/mol. The molecule has 0 saturated heterocycles. The number of likely N-dealkylation sites (N-methyl/N-ethyl adjacent to an activating group) is 1. The largest absolute Gasteiger partial charge is 0.487 e. The minimum Gasteiger partial charge on any atom is -0.487 e. The molecule has 0 radical (unpaired) electrons. The molecule has 0 aliphatic heterocycles. The molecule has 2 N–H and O–H groups in total. The fraction of sp³-hybridized carbons (Fsp3) is 0.462. The van der Waals surface area contributed by atoms with Crippen molar-refractivity contribution in [2.45, 2.75) is 31.9 Å². The van der Waals surface area contributed by atoms with E-state index in [-0.39, 0.29) is 12.2 Å². The summed E-state index contributed by atoms with van der Waals surface area (Å²) in [4.78, 5) is 11.1. The van der Waals surface area contributed by atoms with Gasteiger partial charge >= 0.3 is 5.97 Å². The summed E-state index contributed by atoms with van der Waals surface area (Å²) in [6.07, 6.45) is -0.487. The number of halogens is 2. The number of carbonyl (C=O) groups is 1. The first-order valence-corrected chi connectivity index (χ1v) is 5.83. The number of ether oxygens (including phenoxy) is 1. The van der Waals surface area contributed by atoms with E-state index in [1.165, 1.54) is 26.1 Å². The molecule has 1 aromatic carbocycles. The molecule has 0 amide bonds. The maximum atomic E-state index is 13.4. The Morgan fingerprint density at radius 1 is 1.53 bits per heavy atom. The zero-order chi connectivity index (χ0) is 14.6. The van der Waals surface area contributed by atoms with E-state index in [1.54, 1.807) is 6.92 Å². The number of carboxylic acid groups (broad SMARTS) is 1. The Balaban J connectivity index is 2.78. The first-order chi connectivity index (χ1) is 8.80. The highest BCUT2D eigenvalue weighted by atomic mass is 19.2. The second kappa shape index (κ2) is 5.97. The lowest BCUT2D eigenvalue weighted by Crippen LogP contribution is -2.50. The Morgan fingerprint density at radius 3 is 2.68 bits per heavy atom. The Labute approximate surface area is 110 Å². The average Bonchev–Trinajstić information content (AvgIpc) is 2.34. The predicted octanol–water partition coefficient (Wildman–Crippen LogP) is 2.18. The standard InChI is InChI=1S/C13H17F2NO3/c1-8(7-13(2,16-3)12(17)18)19-10-6-4-5-9(14)11(10)15/h4-6,8,16H,7H2,1-3H3,(H,17,18). The summed E-state index contributed by atoms with van der Waals surface area (Å²) in [5, 5.41) is 11.8. The molecule has 0 saturated carbocycles. The molecule has 0 aliphatic rings. The van der Waals surface area contributed by atoms with Gasteiger partial charge in [0.05, 0.1) is 6.10 Å². The number of carboxylic acids is 1. The van der Waals surface area contributed by atoms with Crippen LogP contribution in [-0.4, -0.2) is 29.8 Å². The number of hydrogen-bond acceptors (Lipinski definition) is 3. The van der Waals surface area contributed by atoms with Gasteiger partial charge in [-0.25, -0.2) is 4.39 Å². The molecule has 0 aliphatic carbocycles. The zero-order valence-electron chi connectivity index (χ0n) is 11.0. The van der Waals surface area contributed by atoms with E-state index in [0.29, 0.717) is 0 Å². The molecule has 19 heavy (non-hydrogen) atoms. The Bertz CT molecular complexity index is 467. The SMILES string of the molecule is CNC(C)(CC(C)Oc1cccc(F)c1F)C(=O)O. The van der Waals surface area contributed by atoms with Crippen LogP contribution in [0.15, 0.2) is 18.2 Å². The fourth-order valence-corrected chi connectivity index (χ4v) is 1.70. The van der Waals surface area contributed by atoms with Gasteiger partial charge in [-0.3, -0.25) is 4.79 Å². The normalized spacial score (nSPS) is 15.6. The van der Waals surface area contributed by atoms with Crippen molar-refractivity contribution >= 4 is 5.97 Å². The van der Waals surface area contributed by atoms with Crippen molar-refractivity contribution in [2.75, 3.05) is 7.05 Å². The fourth-order valence-electron chi connectivity index (χ4n) is 1.70. The quantitative estimate of drug-likeness (QED) is 0.834.